The van der Waals surface area contributed by atoms with Crippen molar-refractivity contribution in [2.45, 2.75) is 52.1 Å². The van der Waals surface area contributed by atoms with Crippen LogP contribution in [0.15, 0.2) is 54.7 Å². The van der Waals surface area contributed by atoms with E-state index in [-0.39, 0.29) is 12.1 Å². The molecule has 2 amide bonds. The summed E-state index contributed by atoms with van der Waals surface area (Å²) in [5.41, 5.74) is 5.30. The molecule has 180 valence electrons. The van der Waals surface area contributed by atoms with Gasteiger partial charge in [0.05, 0.1) is 20.3 Å². The zero-order chi connectivity index (χ0) is 24.4. The molecule has 6 heteroatoms. The Morgan fingerprint density at radius 3 is 2.21 bits per heavy atom. The molecule has 0 bridgehead atoms. The summed E-state index contributed by atoms with van der Waals surface area (Å²) in [6, 6.07) is 16.0. The van der Waals surface area contributed by atoms with Crippen LogP contribution in [0, 0.1) is 0 Å². The van der Waals surface area contributed by atoms with Gasteiger partial charge in [-0.25, -0.2) is 4.79 Å². The number of carbonyl (C=O) groups excluding carboxylic acids is 1. The van der Waals surface area contributed by atoms with Crippen molar-refractivity contribution in [3.8, 4) is 11.5 Å². The highest BCUT2D eigenvalue weighted by molar-refractivity contribution is 5.92. The van der Waals surface area contributed by atoms with E-state index in [9.17, 15) is 4.79 Å². The van der Waals surface area contributed by atoms with Crippen LogP contribution in [-0.2, 0) is 6.54 Å². The summed E-state index contributed by atoms with van der Waals surface area (Å²) in [7, 11) is 3.26. The summed E-state index contributed by atoms with van der Waals surface area (Å²) >= 11 is 0. The molecule has 0 saturated heterocycles. The summed E-state index contributed by atoms with van der Waals surface area (Å²) in [6.45, 7) is 10.0. The number of rotatable bonds is 6. The van der Waals surface area contributed by atoms with Crippen molar-refractivity contribution in [2.75, 3.05) is 26.1 Å². The Morgan fingerprint density at radius 2 is 1.59 bits per heavy atom. The Kier molecular flexibility index (Phi) is 6.87. The average Bonchev–Trinajstić information content (AvgIpc) is 3.31. The molecule has 0 aliphatic carbocycles. The molecular formula is C28H35N3O3. The monoisotopic (exact) mass is 461 g/mol. The maximum absolute atomic E-state index is 13.9. The van der Waals surface area contributed by atoms with Gasteiger partial charge in [0.15, 0.2) is 11.5 Å². The second-order valence-corrected chi connectivity index (χ2v) is 9.39. The molecule has 3 aromatic rings. The Morgan fingerprint density at radius 1 is 0.912 bits per heavy atom. The van der Waals surface area contributed by atoms with E-state index >= 15 is 0 Å². The molecule has 0 spiro atoms. The summed E-state index contributed by atoms with van der Waals surface area (Å²) in [5, 5.41) is 3.31. The smallest absolute Gasteiger partial charge is 0.322 e. The number of anilines is 1. The van der Waals surface area contributed by atoms with E-state index in [1.165, 1.54) is 0 Å². The van der Waals surface area contributed by atoms with Gasteiger partial charge in [-0.05, 0) is 52.8 Å². The number of ether oxygens (including phenoxy) is 2. The van der Waals surface area contributed by atoms with E-state index < -0.39 is 0 Å². The molecule has 6 nitrogen and oxygen atoms in total. The molecule has 34 heavy (non-hydrogen) atoms. The molecule has 1 N–H and O–H groups in total. The summed E-state index contributed by atoms with van der Waals surface area (Å²) < 4.78 is 13.2. The first kappa shape index (κ1) is 23.7. The van der Waals surface area contributed by atoms with Gasteiger partial charge in [0.25, 0.3) is 0 Å². The second-order valence-electron chi connectivity index (χ2n) is 9.39. The van der Waals surface area contributed by atoms with Crippen LogP contribution in [0.5, 0.6) is 11.5 Å². The summed E-state index contributed by atoms with van der Waals surface area (Å²) in [6.07, 6.45) is 2.07. The first-order valence-corrected chi connectivity index (χ1v) is 11.9. The van der Waals surface area contributed by atoms with Crippen LogP contribution in [0.2, 0.25) is 0 Å². The van der Waals surface area contributed by atoms with Crippen molar-refractivity contribution < 1.29 is 14.3 Å². The Balaban J connectivity index is 1.75. The highest BCUT2D eigenvalue weighted by Gasteiger charge is 2.33. The van der Waals surface area contributed by atoms with Crippen LogP contribution in [0.3, 0.4) is 0 Å². The van der Waals surface area contributed by atoms with Crippen LogP contribution < -0.4 is 14.8 Å². The van der Waals surface area contributed by atoms with Crippen molar-refractivity contribution in [3.63, 3.8) is 0 Å². The molecule has 4 rings (SSSR count). The van der Waals surface area contributed by atoms with Gasteiger partial charge in [-0.3, -0.25) is 0 Å². The number of hydrogen-bond donors (Lipinski definition) is 1. The lowest BCUT2D eigenvalue weighted by atomic mass is 9.92. The summed E-state index contributed by atoms with van der Waals surface area (Å²) in [5.74, 6) is 1.92. The van der Waals surface area contributed by atoms with Crippen molar-refractivity contribution in [1.82, 2.24) is 9.47 Å². The molecule has 2 aromatic carbocycles. The van der Waals surface area contributed by atoms with E-state index in [0.29, 0.717) is 29.9 Å². The van der Waals surface area contributed by atoms with Crippen molar-refractivity contribution in [2.24, 2.45) is 0 Å². The number of aromatic nitrogens is 1. The quantitative estimate of drug-likeness (QED) is 0.463. The largest absolute Gasteiger partial charge is 0.493 e. The molecule has 1 aliphatic rings. The number of fused-ring (bicyclic) bond motifs is 1. The molecule has 1 aliphatic heterocycles. The van der Waals surface area contributed by atoms with Gasteiger partial charge in [0, 0.05) is 30.7 Å². The number of methoxy groups -OCH3 is 2. The molecular weight excluding hydrogens is 426 g/mol. The first-order valence-electron chi connectivity index (χ1n) is 11.9. The van der Waals surface area contributed by atoms with Gasteiger partial charge < -0.3 is 24.3 Å². The van der Waals surface area contributed by atoms with Crippen molar-refractivity contribution >= 4 is 11.7 Å². The maximum atomic E-state index is 13.9. The SMILES string of the molecule is COc1ccc(C2c3cccn3CCN2C(=O)Nc2c(C(C)C)cccc2C(C)C)cc1OC. The molecule has 1 atom stereocenters. The lowest BCUT2D eigenvalue weighted by Crippen LogP contribution is -2.44. The zero-order valence-corrected chi connectivity index (χ0v) is 21.0. The minimum absolute atomic E-state index is 0.0952. The number of carbonyl (C=O) groups is 1. The zero-order valence-electron chi connectivity index (χ0n) is 21.0. The van der Waals surface area contributed by atoms with E-state index in [2.05, 4.69) is 68.0 Å². The fraction of sp³-hybridized carbons (Fsp3) is 0.393. The number of benzene rings is 2. The minimum Gasteiger partial charge on any atom is -0.493 e. The number of hydrogen-bond acceptors (Lipinski definition) is 3. The highest BCUT2D eigenvalue weighted by atomic mass is 16.5. The standard InChI is InChI=1S/C28H35N3O3/c1-18(2)21-9-7-10-22(19(3)4)26(21)29-28(32)31-16-15-30-14-8-11-23(30)27(31)20-12-13-24(33-5)25(17-20)34-6/h7-14,17-19,27H,15-16H2,1-6H3,(H,29,32). The van der Waals surface area contributed by atoms with Gasteiger partial charge in [-0.15, -0.1) is 0 Å². The molecule has 1 unspecified atom stereocenters. The van der Waals surface area contributed by atoms with Crippen LogP contribution >= 0.6 is 0 Å². The predicted molar refractivity (Wildman–Crippen MR) is 136 cm³/mol. The minimum atomic E-state index is -0.239. The fourth-order valence-corrected chi connectivity index (χ4v) is 4.85. The lowest BCUT2D eigenvalue weighted by Gasteiger charge is -2.38. The highest BCUT2D eigenvalue weighted by Crippen LogP contribution is 2.38. The van der Waals surface area contributed by atoms with Crippen LogP contribution in [0.25, 0.3) is 0 Å². The van der Waals surface area contributed by atoms with Crippen molar-refractivity contribution in [3.05, 3.63) is 77.1 Å². The maximum Gasteiger partial charge on any atom is 0.322 e. The number of amides is 2. The lowest BCUT2D eigenvalue weighted by molar-refractivity contribution is 0.181. The number of urea groups is 1. The number of para-hydroxylation sites is 1. The Labute approximate surface area is 202 Å². The number of nitrogens with one attached hydrogen (secondary N) is 1. The fourth-order valence-electron chi connectivity index (χ4n) is 4.85. The van der Waals surface area contributed by atoms with Gasteiger partial charge in [-0.1, -0.05) is 52.0 Å². The third kappa shape index (κ3) is 4.37. The average molecular weight is 462 g/mol. The van der Waals surface area contributed by atoms with Gasteiger partial charge in [0.2, 0.25) is 0 Å². The second kappa shape index (κ2) is 9.84. The Bertz CT molecular complexity index is 1140. The molecule has 0 saturated carbocycles. The number of nitrogens with zero attached hydrogens (tertiary/aromatic N) is 2. The Hall–Kier alpha value is -3.41. The molecule has 1 aromatic heterocycles. The van der Waals surface area contributed by atoms with Gasteiger partial charge >= 0.3 is 6.03 Å². The molecule has 0 radical (unpaired) electrons. The van der Waals surface area contributed by atoms with Gasteiger partial charge in [-0.2, -0.15) is 0 Å². The molecule has 2 heterocycles. The van der Waals surface area contributed by atoms with E-state index in [0.717, 1.165) is 34.6 Å². The van der Waals surface area contributed by atoms with Crippen LogP contribution in [0.1, 0.15) is 68.0 Å². The van der Waals surface area contributed by atoms with E-state index in [1.807, 2.05) is 29.2 Å². The molecule has 0 fully saturated rings. The van der Waals surface area contributed by atoms with Crippen molar-refractivity contribution in [1.29, 1.82) is 0 Å². The predicted octanol–water partition coefficient (Wildman–Crippen LogP) is 6.39. The van der Waals surface area contributed by atoms with Crippen LogP contribution in [0.4, 0.5) is 10.5 Å². The topological polar surface area (TPSA) is 55.7 Å². The van der Waals surface area contributed by atoms with E-state index in [4.69, 9.17) is 9.47 Å². The van der Waals surface area contributed by atoms with E-state index in [1.54, 1.807) is 14.2 Å². The van der Waals surface area contributed by atoms with Crippen LogP contribution in [-0.4, -0.2) is 36.3 Å². The third-order valence-electron chi connectivity index (χ3n) is 6.63. The summed E-state index contributed by atoms with van der Waals surface area (Å²) in [4.78, 5) is 15.8. The first-order chi connectivity index (χ1) is 16.3. The third-order valence-corrected chi connectivity index (χ3v) is 6.63. The normalized spacial score (nSPS) is 15.4. The van der Waals surface area contributed by atoms with Gasteiger partial charge in [0.1, 0.15) is 0 Å².